The monoisotopic (exact) mass is 322 g/mol. The van der Waals surface area contributed by atoms with Gasteiger partial charge in [0.1, 0.15) is 5.82 Å². The topological polar surface area (TPSA) is 94.1 Å². The second kappa shape index (κ2) is 5.23. The van der Waals surface area contributed by atoms with Crippen LogP contribution in [0.2, 0.25) is 0 Å². The first-order valence-electron chi connectivity index (χ1n) is 5.41. The molecule has 1 heterocycles. The molecule has 0 atom stereocenters. The maximum Gasteiger partial charge on any atom is 0.311 e. The summed E-state index contributed by atoms with van der Waals surface area (Å²) in [6.45, 7) is 1.97. The number of hydrogen-bond acceptors (Lipinski definition) is 5. The van der Waals surface area contributed by atoms with Gasteiger partial charge >= 0.3 is 5.69 Å². The fourth-order valence-electron chi connectivity index (χ4n) is 1.65. The first-order valence-corrected chi connectivity index (χ1v) is 6.20. The standard InChI is InChI=1S/C12H11BrN4O2/c1-7-4-8(13)6-9(5-7)15-11-3-2-10(17(18)19)12(14)16-11/h2-6H,1H3,(H3,14,15,16). The number of rotatable bonds is 3. The van der Waals surface area contributed by atoms with E-state index in [9.17, 15) is 10.1 Å². The van der Waals surface area contributed by atoms with Crippen LogP contribution in [0.25, 0.3) is 0 Å². The van der Waals surface area contributed by atoms with Crippen LogP contribution < -0.4 is 11.1 Å². The molecule has 0 saturated carbocycles. The van der Waals surface area contributed by atoms with Crippen molar-refractivity contribution in [3.8, 4) is 0 Å². The van der Waals surface area contributed by atoms with Crippen LogP contribution in [0.15, 0.2) is 34.8 Å². The van der Waals surface area contributed by atoms with Crippen LogP contribution in [0.5, 0.6) is 0 Å². The predicted molar refractivity (Wildman–Crippen MR) is 77.5 cm³/mol. The zero-order valence-corrected chi connectivity index (χ0v) is 11.6. The number of nitrogen functional groups attached to an aromatic ring is 1. The molecule has 19 heavy (non-hydrogen) atoms. The SMILES string of the molecule is Cc1cc(Br)cc(Nc2ccc([N+](=O)[O-])c(N)n2)c1. The van der Waals surface area contributed by atoms with E-state index < -0.39 is 4.92 Å². The number of nitrogens with zero attached hydrogens (tertiary/aromatic N) is 2. The maximum atomic E-state index is 10.6. The molecule has 3 N–H and O–H groups in total. The van der Waals surface area contributed by atoms with Gasteiger partial charge in [0.2, 0.25) is 5.82 Å². The molecule has 2 aromatic rings. The van der Waals surface area contributed by atoms with Crippen LogP contribution in [0.1, 0.15) is 5.56 Å². The van der Waals surface area contributed by atoms with E-state index in [2.05, 4.69) is 26.2 Å². The quantitative estimate of drug-likeness (QED) is 0.667. The summed E-state index contributed by atoms with van der Waals surface area (Å²) in [6, 6.07) is 8.64. The maximum absolute atomic E-state index is 10.6. The van der Waals surface area contributed by atoms with Crippen LogP contribution in [-0.4, -0.2) is 9.91 Å². The Morgan fingerprint density at radius 2 is 2.11 bits per heavy atom. The zero-order valence-electron chi connectivity index (χ0n) is 10.1. The fraction of sp³-hybridized carbons (Fsp3) is 0.0833. The Morgan fingerprint density at radius 3 is 2.68 bits per heavy atom. The number of aromatic nitrogens is 1. The van der Waals surface area contributed by atoms with Gasteiger partial charge in [0.15, 0.2) is 0 Å². The number of benzene rings is 1. The van der Waals surface area contributed by atoms with Gasteiger partial charge in [0.25, 0.3) is 0 Å². The summed E-state index contributed by atoms with van der Waals surface area (Å²) in [5.41, 5.74) is 7.24. The third-order valence-corrected chi connectivity index (χ3v) is 2.87. The summed E-state index contributed by atoms with van der Waals surface area (Å²) < 4.78 is 0.935. The fourth-order valence-corrected chi connectivity index (χ4v) is 2.26. The first-order chi connectivity index (χ1) is 8.95. The summed E-state index contributed by atoms with van der Waals surface area (Å²) in [5.74, 6) is 0.349. The lowest BCUT2D eigenvalue weighted by atomic mass is 10.2. The van der Waals surface area contributed by atoms with Gasteiger partial charge in [-0.15, -0.1) is 0 Å². The molecule has 7 heteroatoms. The van der Waals surface area contributed by atoms with Gasteiger partial charge in [-0.05, 0) is 36.8 Å². The highest BCUT2D eigenvalue weighted by Crippen LogP contribution is 2.25. The van der Waals surface area contributed by atoms with Crippen LogP contribution in [0, 0.1) is 17.0 Å². The Morgan fingerprint density at radius 1 is 1.37 bits per heavy atom. The minimum absolute atomic E-state index is 0.110. The molecule has 0 spiro atoms. The molecular weight excluding hydrogens is 312 g/mol. The van der Waals surface area contributed by atoms with Gasteiger partial charge < -0.3 is 11.1 Å². The van der Waals surface area contributed by atoms with E-state index in [-0.39, 0.29) is 11.5 Å². The van der Waals surface area contributed by atoms with Crippen LogP contribution in [0.4, 0.5) is 23.0 Å². The summed E-state index contributed by atoms with van der Waals surface area (Å²) in [6.07, 6.45) is 0. The van der Waals surface area contributed by atoms with Gasteiger partial charge in [-0.2, -0.15) is 0 Å². The van der Waals surface area contributed by atoms with E-state index in [0.717, 1.165) is 15.7 Å². The molecule has 0 saturated heterocycles. The number of hydrogen-bond donors (Lipinski definition) is 2. The van der Waals surface area contributed by atoms with Crippen molar-refractivity contribution in [1.82, 2.24) is 4.98 Å². The number of halogens is 1. The molecule has 0 radical (unpaired) electrons. The number of pyridine rings is 1. The number of aryl methyl sites for hydroxylation is 1. The molecule has 0 amide bonds. The lowest BCUT2D eigenvalue weighted by Crippen LogP contribution is -2.01. The normalized spacial score (nSPS) is 10.2. The van der Waals surface area contributed by atoms with Crippen LogP contribution in [-0.2, 0) is 0 Å². The molecule has 0 aliphatic heterocycles. The van der Waals surface area contributed by atoms with Crippen molar-refractivity contribution in [2.45, 2.75) is 6.92 Å². The molecule has 0 aliphatic rings. The number of nitro groups is 1. The summed E-state index contributed by atoms with van der Waals surface area (Å²) >= 11 is 3.40. The van der Waals surface area contributed by atoms with E-state index in [1.165, 1.54) is 12.1 Å². The number of nitrogens with one attached hydrogen (secondary N) is 1. The summed E-state index contributed by atoms with van der Waals surface area (Å²) in [7, 11) is 0. The molecule has 1 aromatic heterocycles. The van der Waals surface area contributed by atoms with Crippen molar-refractivity contribution in [2.24, 2.45) is 0 Å². The van der Waals surface area contributed by atoms with Gasteiger partial charge in [-0.3, -0.25) is 10.1 Å². The zero-order chi connectivity index (χ0) is 14.0. The van der Waals surface area contributed by atoms with Crippen molar-refractivity contribution in [1.29, 1.82) is 0 Å². The molecule has 98 valence electrons. The van der Waals surface area contributed by atoms with Crippen molar-refractivity contribution in [3.05, 3.63) is 50.5 Å². The molecule has 0 unspecified atom stereocenters. The average Bonchev–Trinajstić information content (AvgIpc) is 2.26. The van der Waals surface area contributed by atoms with Crippen molar-refractivity contribution in [3.63, 3.8) is 0 Å². The molecule has 0 bridgehead atoms. The lowest BCUT2D eigenvalue weighted by Gasteiger charge is -2.08. The van der Waals surface area contributed by atoms with Crippen LogP contribution >= 0.6 is 15.9 Å². The number of anilines is 3. The van der Waals surface area contributed by atoms with E-state index in [0.29, 0.717) is 5.82 Å². The molecule has 0 fully saturated rings. The minimum Gasteiger partial charge on any atom is -0.378 e. The summed E-state index contributed by atoms with van der Waals surface area (Å²) in [5, 5.41) is 13.7. The minimum atomic E-state index is -0.560. The second-order valence-corrected chi connectivity index (χ2v) is 4.92. The van der Waals surface area contributed by atoms with E-state index >= 15 is 0 Å². The van der Waals surface area contributed by atoms with Gasteiger partial charge in [-0.1, -0.05) is 15.9 Å². The van der Waals surface area contributed by atoms with Gasteiger partial charge in [0, 0.05) is 16.2 Å². The Kier molecular flexibility index (Phi) is 3.66. The lowest BCUT2D eigenvalue weighted by molar-refractivity contribution is -0.384. The van der Waals surface area contributed by atoms with E-state index in [4.69, 9.17) is 5.73 Å². The van der Waals surface area contributed by atoms with Crippen molar-refractivity contribution < 1.29 is 4.92 Å². The smallest absolute Gasteiger partial charge is 0.311 e. The van der Waals surface area contributed by atoms with Crippen LogP contribution in [0.3, 0.4) is 0 Å². The Balaban J connectivity index is 2.28. The third-order valence-electron chi connectivity index (χ3n) is 2.41. The molecular formula is C12H11BrN4O2. The highest BCUT2D eigenvalue weighted by molar-refractivity contribution is 9.10. The Hall–Kier alpha value is -2.15. The van der Waals surface area contributed by atoms with E-state index in [1.807, 2.05) is 25.1 Å². The van der Waals surface area contributed by atoms with Gasteiger partial charge in [0.05, 0.1) is 4.92 Å². The van der Waals surface area contributed by atoms with E-state index in [1.54, 1.807) is 0 Å². The largest absolute Gasteiger partial charge is 0.378 e. The molecule has 1 aromatic carbocycles. The Bertz CT molecular complexity index is 625. The highest BCUT2D eigenvalue weighted by Gasteiger charge is 2.12. The van der Waals surface area contributed by atoms with Gasteiger partial charge in [-0.25, -0.2) is 4.98 Å². The third kappa shape index (κ3) is 3.19. The number of nitrogens with two attached hydrogens (primary N) is 1. The average molecular weight is 323 g/mol. The molecule has 6 nitrogen and oxygen atoms in total. The highest BCUT2D eigenvalue weighted by atomic mass is 79.9. The first kappa shape index (κ1) is 13.3. The van der Waals surface area contributed by atoms with Crippen molar-refractivity contribution in [2.75, 3.05) is 11.1 Å². The Labute approximate surface area is 117 Å². The summed E-state index contributed by atoms with van der Waals surface area (Å²) in [4.78, 5) is 14.0. The second-order valence-electron chi connectivity index (χ2n) is 4.00. The van der Waals surface area contributed by atoms with Crippen molar-refractivity contribution >= 4 is 38.9 Å². The molecule has 2 rings (SSSR count). The predicted octanol–water partition coefficient (Wildman–Crippen LogP) is 3.39. The molecule has 0 aliphatic carbocycles.